The number of ether oxygens (including phenoxy) is 13. The van der Waals surface area contributed by atoms with Crippen LogP contribution in [0.15, 0.2) is 188 Å². The van der Waals surface area contributed by atoms with Gasteiger partial charge in [0.05, 0.1) is 175 Å². The fraction of sp³-hybridized carbons (Fsp3) is 0.391. The van der Waals surface area contributed by atoms with Crippen molar-refractivity contribution in [3.8, 4) is 50.3 Å². The van der Waals surface area contributed by atoms with Crippen molar-refractivity contribution in [1.29, 1.82) is 0 Å². The van der Waals surface area contributed by atoms with Crippen LogP contribution in [0.1, 0.15) is 11.4 Å². The Balaban J connectivity index is 0.543. The molecular weight excluding hydrogens is 1590 g/mol. The first-order valence-electron chi connectivity index (χ1n) is 41.3. The minimum atomic E-state index is -1.64. The van der Waals surface area contributed by atoms with Gasteiger partial charge in [-0.05, 0) is 110 Å². The number of nitrogens with one attached hydrogen (secondary N) is 2. The zero-order valence-corrected chi connectivity index (χ0v) is 67.8. The van der Waals surface area contributed by atoms with E-state index in [1.165, 1.54) is 82.6 Å². The van der Waals surface area contributed by atoms with E-state index in [0.717, 1.165) is 38.9 Å². The lowest BCUT2D eigenvalue weighted by Gasteiger charge is -2.39. The van der Waals surface area contributed by atoms with Gasteiger partial charge in [0, 0.05) is 11.5 Å². The largest absolute Gasteiger partial charge is 0.492 e. The highest BCUT2D eigenvalue weighted by Gasteiger charge is 2.45. The van der Waals surface area contributed by atoms with Crippen LogP contribution in [0.5, 0.6) is 5.75 Å². The maximum absolute atomic E-state index is 12.6. The molecule has 2 amide bonds. The molecule has 13 aromatic rings. The van der Waals surface area contributed by atoms with Gasteiger partial charge in [0.2, 0.25) is 11.8 Å². The minimum absolute atomic E-state index is 0.0554. The number of aliphatic hydroxyl groups excluding tert-OH is 8. The summed E-state index contributed by atoms with van der Waals surface area (Å²) in [6.07, 6.45) is -11.9. The van der Waals surface area contributed by atoms with Gasteiger partial charge in [-0.2, -0.15) is 0 Å². The summed E-state index contributed by atoms with van der Waals surface area (Å²) in [5, 5.41) is 116. The molecule has 0 bridgehead atoms. The summed E-state index contributed by atoms with van der Waals surface area (Å²) in [4.78, 5) is 25.2. The maximum Gasteiger partial charge on any atom is 0.246 e. The molecule has 4 heterocycles. The standard InChI is InChI=1S/C92H102N8O23/c101-50-77-85(105)87(107)89(109)91(122-77)120-55-79(103)93-46-69-48-95-97-99(69)29-31-111-33-35-113-37-39-115-41-43-117-52-57(53-118-44-42-116-40-38-114-36-34-112-32-30-100-70(49-96-98-100)47-94-80(104)56-121-92-90(110)88(108)86(106)78(51-102)123-92)54-119-76-45-68(58-7-9-59(10-8-58)71-24-19-66-17-15-62-3-1-5-64-21-27-74(71)83(66)81(62)64)23-26-73(76)61-13-11-60(12-14-61)72-25-20-67-18-16-63-4-2-6-65-22-28-75(72)84(67)82(63)65/h1-28,45,48-49,57,77-78,85-92,101-102,105-110H,29-44,46-47,50-56H2,(H,93,103)(H,94,104)/t77-,78-,85-,86-,87+,88+,89+,90+,91+,92+/m1/s1. The van der Waals surface area contributed by atoms with Gasteiger partial charge in [-0.25, -0.2) is 9.36 Å². The average Bonchev–Trinajstić information content (AvgIpc) is 1.08. The van der Waals surface area contributed by atoms with E-state index in [-0.39, 0.29) is 38.8 Å². The Morgan fingerprint density at radius 3 is 1.14 bits per heavy atom. The molecule has 15 rings (SSSR count). The van der Waals surface area contributed by atoms with Crippen LogP contribution in [-0.4, -0.2) is 283 Å². The number of rotatable bonds is 47. The van der Waals surface area contributed by atoms with Crippen LogP contribution < -0.4 is 15.4 Å². The number of carbonyl (C=O) groups is 2. The molecule has 2 aromatic heterocycles. The van der Waals surface area contributed by atoms with Crippen LogP contribution in [0.25, 0.3) is 109 Å². The van der Waals surface area contributed by atoms with Gasteiger partial charge in [-0.1, -0.05) is 180 Å². The monoisotopic (exact) mass is 1690 g/mol. The van der Waals surface area contributed by atoms with Crippen molar-refractivity contribution in [2.24, 2.45) is 5.92 Å². The number of nitrogens with zero attached hydrogens (tertiary/aromatic N) is 6. The van der Waals surface area contributed by atoms with Crippen molar-refractivity contribution < 1.29 is 112 Å². The summed E-state index contributed by atoms with van der Waals surface area (Å²) >= 11 is 0. The first-order chi connectivity index (χ1) is 60.3. The Kier molecular flexibility index (Phi) is 30.5. The highest BCUT2D eigenvalue weighted by Crippen LogP contribution is 2.43. The number of benzene rings is 11. The number of amides is 2. The maximum atomic E-state index is 12.6. The van der Waals surface area contributed by atoms with Crippen LogP contribution >= 0.6 is 0 Å². The Morgan fingerprint density at radius 2 is 0.724 bits per heavy atom. The van der Waals surface area contributed by atoms with E-state index in [4.69, 9.17) is 61.6 Å². The molecule has 11 aromatic carbocycles. The second-order valence-electron chi connectivity index (χ2n) is 30.3. The van der Waals surface area contributed by atoms with Gasteiger partial charge >= 0.3 is 0 Å². The Labute approximate surface area is 708 Å². The van der Waals surface area contributed by atoms with Gasteiger partial charge in [0.25, 0.3) is 0 Å². The number of aromatic nitrogens is 6. The molecule has 0 saturated carbocycles. The van der Waals surface area contributed by atoms with Crippen molar-refractivity contribution in [3.63, 3.8) is 0 Å². The molecule has 0 radical (unpaired) electrons. The van der Waals surface area contributed by atoms with Crippen molar-refractivity contribution in [2.45, 2.75) is 87.6 Å². The Hall–Kier alpha value is -10.3. The molecule has 31 heteroatoms. The van der Waals surface area contributed by atoms with Crippen LogP contribution in [0.4, 0.5) is 0 Å². The molecule has 648 valence electrons. The fourth-order valence-electron chi connectivity index (χ4n) is 15.6. The number of hydrogen-bond donors (Lipinski definition) is 10. The van der Waals surface area contributed by atoms with E-state index in [9.17, 15) is 50.4 Å². The van der Waals surface area contributed by atoms with Crippen LogP contribution in [-0.2, 0) is 92.6 Å². The number of aliphatic hydroxyl groups is 8. The summed E-state index contributed by atoms with van der Waals surface area (Å²) in [7, 11) is 0. The second kappa shape index (κ2) is 42.9. The zero-order chi connectivity index (χ0) is 85.0. The van der Waals surface area contributed by atoms with Crippen LogP contribution in [0.3, 0.4) is 0 Å². The van der Waals surface area contributed by atoms with Crippen molar-refractivity contribution in [3.05, 3.63) is 200 Å². The summed E-state index contributed by atoms with van der Waals surface area (Å²) in [6, 6.07) is 63.6. The van der Waals surface area contributed by atoms with Gasteiger partial charge in [-0.3, -0.25) is 9.59 Å². The predicted molar refractivity (Wildman–Crippen MR) is 454 cm³/mol. The molecule has 0 spiro atoms. The van der Waals surface area contributed by atoms with Crippen LogP contribution in [0.2, 0.25) is 0 Å². The highest BCUT2D eigenvalue weighted by molar-refractivity contribution is 6.26. The smallest absolute Gasteiger partial charge is 0.246 e. The third-order valence-corrected chi connectivity index (χ3v) is 22.2. The molecule has 31 nitrogen and oxygen atoms in total. The lowest BCUT2D eigenvalue weighted by Crippen LogP contribution is -2.59. The molecule has 2 saturated heterocycles. The van der Waals surface area contributed by atoms with Gasteiger partial charge < -0.3 is 113 Å². The lowest BCUT2D eigenvalue weighted by atomic mass is 9.89. The number of hydrogen-bond acceptors (Lipinski definition) is 27. The molecule has 2 aliphatic heterocycles. The Bertz CT molecular complexity index is 5390. The molecule has 123 heavy (non-hydrogen) atoms. The lowest BCUT2D eigenvalue weighted by molar-refractivity contribution is -0.299. The van der Waals surface area contributed by atoms with Gasteiger partial charge in [0.1, 0.15) is 67.8 Å². The third-order valence-electron chi connectivity index (χ3n) is 22.2. The summed E-state index contributed by atoms with van der Waals surface area (Å²) in [5.41, 5.74) is 9.66. The van der Waals surface area contributed by atoms with E-state index in [1.54, 1.807) is 9.36 Å². The quantitative estimate of drug-likeness (QED) is 0.0140. The molecule has 10 N–H and O–H groups in total. The van der Waals surface area contributed by atoms with Crippen molar-refractivity contribution in [2.75, 3.05) is 139 Å². The normalized spacial score (nSPS) is 19.5. The topological polar surface area (TPSA) is 401 Å². The predicted octanol–water partition coefficient (Wildman–Crippen LogP) is 6.73. The first-order valence-corrected chi connectivity index (χ1v) is 41.3. The molecule has 10 atom stereocenters. The van der Waals surface area contributed by atoms with E-state index >= 15 is 0 Å². The van der Waals surface area contributed by atoms with E-state index in [2.05, 4.69) is 207 Å². The van der Waals surface area contributed by atoms with Crippen LogP contribution in [0, 0.1) is 5.92 Å². The highest BCUT2D eigenvalue weighted by atomic mass is 16.7. The number of carbonyl (C=O) groups excluding carboxylic acids is 2. The first kappa shape index (κ1) is 87.6. The molecule has 2 fully saturated rings. The van der Waals surface area contributed by atoms with Crippen molar-refractivity contribution in [1.82, 2.24) is 40.6 Å². The minimum Gasteiger partial charge on any atom is -0.492 e. The van der Waals surface area contributed by atoms with E-state index in [1.807, 2.05) is 0 Å². The average molecular weight is 1690 g/mol. The SMILES string of the molecule is O=C(CO[C@H]1O[C@H](CO)[C@@H](O)[C@H](O)[C@@H]1O)NCc1cnnn1CCOCCOCCOCCOCC(COCCOCCOCCOCCn1nncc1CNC(=O)CO[C@H]1O[C@H](CO)[C@@H](O)[C@H](O)[C@@H]1O)COc1cc(-c2ccc(-c3ccc4ccc5cccc6ccc3c4c56)cc2)ccc1-c1ccc(-c2ccc3ccc4cccc5ccc2c3c45)cc1. The summed E-state index contributed by atoms with van der Waals surface area (Å²) < 4.78 is 79.1. The third kappa shape index (κ3) is 21.6. The molecular formula is C92H102N8O23. The molecule has 0 aliphatic carbocycles. The van der Waals surface area contributed by atoms with Crippen molar-refractivity contribution >= 4 is 76.4 Å². The zero-order valence-electron chi connectivity index (χ0n) is 67.8. The summed E-state index contributed by atoms with van der Waals surface area (Å²) in [5.74, 6) is -0.650. The Morgan fingerprint density at radius 1 is 0.374 bits per heavy atom. The van der Waals surface area contributed by atoms with Gasteiger partial charge in [-0.15, -0.1) is 10.2 Å². The second-order valence-corrected chi connectivity index (χ2v) is 30.3. The molecule has 2 aliphatic rings. The van der Waals surface area contributed by atoms with E-state index < -0.39 is 99.7 Å². The van der Waals surface area contributed by atoms with Gasteiger partial charge in [0.15, 0.2) is 12.6 Å². The van der Waals surface area contributed by atoms with E-state index in [0.29, 0.717) is 123 Å². The molecule has 0 unspecified atom stereocenters. The summed E-state index contributed by atoms with van der Waals surface area (Å²) in [6.45, 7) is 3.59. The fourth-order valence-corrected chi connectivity index (χ4v) is 15.6.